The van der Waals surface area contributed by atoms with Crippen LogP contribution >= 0.6 is 11.6 Å². The molecule has 1 aliphatic heterocycles. The molecule has 0 spiro atoms. The van der Waals surface area contributed by atoms with Crippen LogP contribution < -0.4 is 10.6 Å². The lowest BCUT2D eigenvalue weighted by Gasteiger charge is -2.38. The van der Waals surface area contributed by atoms with Gasteiger partial charge in [-0.25, -0.2) is 0 Å². The summed E-state index contributed by atoms with van der Waals surface area (Å²) < 4.78 is 0. The predicted molar refractivity (Wildman–Crippen MR) is 94.9 cm³/mol. The van der Waals surface area contributed by atoms with Crippen molar-refractivity contribution in [2.75, 3.05) is 18.0 Å². The van der Waals surface area contributed by atoms with E-state index in [1.54, 1.807) is 0 Å². The van der Waals surface area contributed by atoms with Gasteiger partial charge in [-0.15, -0.1) is 0 Å². The average Bonchev–Trinajstić information content (AvgIpc) is 2.50. The maximum Gasteiger partial charge on any atom is 0.0406 e. The standard InChI is InChI=1S/C19H23ClN2/c1-13-3-8-19(9-14(13)2)22-11-16(10-18(21)12-22)15-4-6-17(20)7-5-15/h3-9,16,18H,10-12,21H2,1-2H3. The van der Waals surface area contributed by atoms with Crippen LogP contribution in [0.2, 0.25) is 5.02 Å². The molecule has 0 amide bonds. The van der Waals surface area contributed by atoms with Crippen molar-refractivity contribution in [3.05, 3.63) is 64.2 Å². The molecule has 3 heteroatoms. The maximum absolute atomic E-state index is 6.32. The molecule has 2 atom stereocenters. The van der Waals surface area contributed by atoms with Crippen molar-refractivity contribution in [3.63, 3.8) is 0 Å². The van der Waals surface area contributed by atoms with Gasteiger partial charge in [-0.3, -0.25) is 0 Å². The van der Waals surface area contributed by atoms with E-state index in [0.717, 1.165) is 24.5 Å². The third-order valence-electron chi connectivity index (χ3n) is 4.68. The van der Waals surface area contributed by atoms with Crippen LogP contribution in [-0.4, -0.2) is 19.1 Å². The van der Waals surface area contributed by atoms with E-state index < -0.39 is 0 Å². The summed E-state index contributed by atoms with van der Waals surface area (Å²) in [5.74, 6) is 0.461. The van der Waals surface area contributed by atoms with Crippen molar-refractivity contribution in [1.29, 1.82) is 0 Å². The number of aryl methyl sites for hydroxylation is 2. The first-order valence-corrected chi connectivity index (χ1v) is 8.24. The number of nitrogens with two attached hydrogens (primary N) is 1. The molecular weight excluding hydrogens is 292 g/mol. The normalized spacial score (nSPS) is 21.9. The van der Waals surface area contributed by atoms with Crippen LogP contribution in [0.25, 0.3) is 0 Å². The zero-order chi connectivity index (χ0) is 15.7. The molecule has 2 aromatic rings. The molecule has 22 heavy (non-hydrogen) atoms. The molecule has 0 radical (unpaired) electrons. The summed E-state index contributed by atoms with van der Waals surface area (Å²) in [6, 6.07) is 15.1. The fourth-order valence-electron chi connectivity index (χ4n) is 3.25. The van der Waals surface area contributed by atoms with Crippen LogP contribution in [0.4, 0.5) is 5.69 Å². The van der Waals surface area contributed by atoms with Crippen LogP contribution in [0.5, 0.6) is 0 Å². The smallest absolute Gasteiger partial charge is 0.0406 e. The Morgan fingerprint density at radius 3 is 2.41 bits per heavy atom. The summed E-state index contributed by atoms with van der Waals surface area (Å²) in [5.41, 5.74) is 11.6. The largest absolute Gasteiger partial charge is 0.369 e. The van der Waals surface area contributed by atoms with Crippen molar-refractivity contribution in [2.24, 2.45) is 5.73 Å². The topological polar surface area (TPSA) is 29.3 Å². The predicted octanol–water partition coefficient (Wildman–Crippen LogP) is 4.28. The van der Waals surface area contributed by atoms with E-state index in [-0.39, 0.29) is 6.04 Å². The number of anilines is 1. The lowest BCUT2D eigenvalue weighted by Crippen LogP contribution is -2.46. The molecule has 0 saturated carbocycles. The highest BCUT2D eigenvalue weighted by Crippen LogP contribution is 2.31. The summed E-state index contributed by atoms with van der Waals surface area (Å²) in [7, 11) is 0. The molecule has 2 N–H and O–H groups in total. The number of benzene rings is 2. The minimum absolute atomic E-state index is 0.205. The Morgan fingerprint density at radius 2 is 1.73 bits per heavy atom. The van der Waals surface area contributed by atoms with Gasteiger partial charge in [0.2, 0.25) is 0 Å². The lowest BCUT2D eigenvalue weighted by molar-refractivity contribution is 0.454. The second-order valence-corrected chi connectivity index (χ2v) is 6.85. The van der Waals surface area contributed by atoms with Gasteiger partial charge in [-0.1, -0.05) is 29.8 Å². The molecule has 3 rings (SSSR count). The fraction of sp³-hybridized carbons (Fsp3) is 0.368. The van der Waals surface area contributed by atoms with E-state index >= 15 is 0 Å². The number of rotatable bonds is 2. The minimum Gasteiger partial charge on any atom is -0.369 e. The Labute approximate surface area is 137 Å². The Hall–Kier alpha value is -1.51. The van der Waals surface area contributed by atoms with Gasteiger partial charge in [0, 0.05) is 35.8 Å². The molecule has 2 aromatic carbocycles. The molecule has 2 nitrogen and oxygen atoms in total. The molecular formula is C19H23ClN2. The molecule has 0 bridgehead atoms. The highest BCUT2D eigenvalue weighted by molar-refractivity contribution is 6.30. The van der Waals surface area contributed by atoms with Crippen LogP contribution in [0, 0.1) is 13.8 Å². The van der Waals surface area contributed by atoms with Crippen LogP contribution in [0.3, 0.4) is 0 Å². The van der Waals surface area contributed by atoms with E-state index in [0.29, 0.717) is 5.92 Å². The van der Waals surface area contributed by atoms with Crippen molar-refractivity contribution in [3.8, 4) is 0 Å². The Bertz CT molecular complexity index is 651. The second kappa shape index (κ2) is 6.31. The van der Waals surface area contributed by atoms with Gasteiger partial charge in [0.15, 0.2) is 0 Å². The van der Waals surface area contributed by atoms with E-state index in [9.17, 15) is 0 Å². The van der Waals surface area contributed by atoms with Crippen LogP contribution in [0.15, 0.2) is 42.5 Å². The fourth-order valence-corrected chi connectivity index (χ4v) is 3.37. The lowest BCUT2D eigenvalue weighted by atomic mass is 9.88. The number of nitrogens with zero attached hydrogens (tertiary/aromatic N) is 1. The zero-order valence-electron chi connectivity index (χ0n) is 13.2. The first-order chi connectivity index (χ1) is 10.5. The molecule has 1 saturated heterocycles. The van der Waals surface area contributed by atoms with Crippen molar-refractivity contribution in [2.45, 2.75) is 32.2 Å². The number of hydrogen-bond donors (Lipinski definition) is 1. The minimum atomic E-state index is 0.205. The van der Waals surface area contributed by atoms with E-state index in [1.165, 1.54) is 22.4 Å². The summed E-state index contributed by atoms with van der Waals surface area (Å²) >= 11 is 6.00. The molecule has 2 unspecified atom stereocenters. The van der Waals surface area contributed by atoms with Gasteiger partial charge in [0.05, 0.1) is 0 Å². The highest BCUT2D eigenvalue weighted by Gasteiger charge is 2.26. The maximum atomic E-state index is 6.32. The molecule has 116 valence electrons. The summed E-state index contributed by atoms with van der Waals surface area (Å²) in [5, 5.41) is 0.787. The first kappa shape index (κ1) is 15.4. The monoisotopic (exact) mass is 314 g/mol. The zero-order valence-corrected chi connectivity index (χ0v) is 14.0. The summed E-state index contributed by atoms with van der Waals surface area (Å²) in [6.07, 6.45) is 1.03. The van der Waals surface area contributed by atoms with Crippen molar-refractivity contribution >= 4 is 17.3 Å². The molecule has 1 fully saturated rings. The highest BCUT2D eigenvalue weighted by atomic mass is 35.5. The summed E-state index contributed by atoms with van der Waals surface area (Å²) in [6.45, 7) is 6.25. The van der Waals surface area contributed by atoms with E-state index in [2.05, 4.69) is 49.1 Å². The average molecular weight is 315 g/mol. The molecule has 0 aromatic heterocycles. The Kier molecular flexibility index (Phi) is 4.42. The van der Waals surface area contributed by atoms with Crippen LogP contribution in [0.1, 0.15) is 29.0 Å². The van der Waals surface area contributed by atoms with Gasteiger partial charge in [-0.2, -0.15) is 0 Å². The number of halogens is 1. The quantitative estimate of drug-likeness (QED) is 0.896. The van der Waals surface area contributed by atoms with Gasteiger partial charge in [0.1, 0.15) is 0 Å². The third kappa shape index (κ3) is 3.29. The molecule has 0 aliphatic carbocycles. The van der Waals surface area contributed by atoms with Gasteiger partial charge >= 0.3 is 0 Å². The Balaban J connectivity index is 1.84. The van der Waals surface area contributed by atoms with Gasteiger partial charge in [-0.05, 0) is 61.2 Å². The second-order valence-electron chi connectivity index (χ2n) is 6.42. The third-order valence-corrected chi connectivity index (χ3v) is 4.93. The summed E-state index contributed by atoms with van der Waals surface area (Å²) in [4.78, 5) is 2.42. The van der Waals surface area contributed by atoms with E-state index in [4.69, 9.17) is 17.3 Å². The molecule has 1 heterocycles. The van der Waals surface area contributed by atoms with Crippen molar-refractivity contribution in [1.82, 2.24) is 0 Å². The first-order valence-electron chi connectivity index (χ1n) is 7.86. The van der Waals surface area contributed by atoms with E-state index in [1.807, 2.05) is 12.1 Å². The number of piperidine rings is 1. The molecule has 1 aliphatic rings. The van der Waals surface area contributed by atoms with Gasteiger partial charge < -0.3 is 10.6 Å². The Morgan fingerprint density at radius 1 is 1.00 bits per heavy atom. The van der Waals surface area contributed by atoms with Crippen LogP contribution in [-0.2, 0) is 0 Å². The van der Waals surface area contributed by atoms with Crippen molar-refractivity contribution < 1.29 is 0 Å². The number of hydrogen-bond acceptors (Lipinski definition) is 2. The SMILES string of the molecule is Cc1ccc(N2CC(N)CC(c3ccc(Cl)cc3)C2)cc1C. The van der Waals surface area contributed by atoms with Gasteiger partial charge in [0.25, 0.3) is 0 Å².